The fraction of sp³-hybridized carbons (Fsp3) is 0.318. The van der Waals surface area contributed by atoms with E-state index in [9.17, 15) is 9.59 Å². The van der Waals surface area contributed by atoms with Crippen molar-refractivity contribution in [2.45, 2.75) is 25.8 Å². The minimum atomic E-state index is -0.198. The number of amides is 1. The molecule has 0 unspecified atom stereocenters. The van der Waals surface area contributed by atoms with Crippen LogP contribution in [0.25, 0.3) is 10.8 Å². The van der Waals surface area contributed by atoms with Crippen LogP contribution in [0.3, 0.4) is 0 Å². The zero-order chi connectivity index (χ0) is 19.7. The number of hydrogen-bond donors (Lipinski definition) is 0. The van der Waals surface area contributed by atoms with Crippen molar-refractivity contribution in [3.05, 3.63) is 70.1 Å². The van der Waals surface area contributed by atoms with E-state index in [-0.39, 0.29) is 17.5 Å². The molecule has 2 aromatic carbocycles. The van der Waals surface area contributed by atoms with Crippen molar-refractivity contribution in [2.24, 2.45) is 7.05 Å². The second-order valence-electron chi connectivity index (χ2n) is 6.98. The van der Waals surface area contributed by atoms with Crippen LogP contribution in [-0.2, 0) is 7.05 Å². The highest BCUT2D eigenvalue weighted by Gasteiger charge is 2.32. The summed E-state index contributed by atoms with van der Waals surface area (Å²) in [6, 6.07) is 15.1. The molecule has 4 rings (SSSR count). The van der Waals surface area contributed by atoms with E-state index in [4.69, 9.17) is 4.74 Å². The van der Waals surface area contributed by atoms with Gasteiger partial charge in [-0.15, -0.1) is 0 Å². The van der Waals surface area contributed by atoms with Gasteiger partial charge < -0.3 is 9.64 Å². The topological polar surface area (TPSA) is 64.4 Å². The zero-order valence-corrected chi connectivity index (χ0v) is 16.1. The number of carbonyl (C=O) groups excluding carboxylic acids is 1. The minimum absolute atomic E-state index is 0.000901. The summed E-state index contributed by atoms with van der Waals surface area (Å²) in [6.45, 7) is 3.25. The first-order valence-corrected chi connectivity index (χ1v) is 9.60. The van der Waals surface area contributed by atoms with Gasteiger partial charge in [0.15, 0.2) is 5.69 Å². The summed E-state index contributed by atoms with van der Waals surface area (Å²) in [5.74, 6) is 0.691. The lowest BCUT2D eigenvalue weighted by molar-refractivity contribution is 0.0729. The van der Waals surface area contributed by atoms with Gasteiger partial charge >= 0.3 is 0 Å². The number of aromatic nitrogens is 2. The van der Waals surface area contributed by atoms with E-state index in [1.807, 2.05) is 42.2 Å². The van der Waals surface area contributed by atoms with Gasteiger partial charge in [0.05, 0.1) is 18.0 Å². The van der Waals surface area contributed by atoms with Gasteiger partial charge in [-0.2, -0.15) is 5.10 Å². The summed E-state index contributed by atoms with van der Waals surface area (Å²) in [4.78, 5) is 27.6. The van der Waals surface area contributed by atoms with Crippen LogP contribution in [-0.4, -0.2) is 33.7 Å². The van der Waals surface area contributed by atoms with E-state index >= 15 is 0 Å². The summed E-state index contributed by atoms with van der Waals surface area (Å²) in [6.07, 6.45) is 1.84. The molecule has 1 fully saturated rings. The van der Waals surface area contributed by atoms with Crippen LogP contribution >= 0.6 is 0 Å². The number of hydrogen-bond acceptors (Lipinski definition) is 4. The molecule has 6 heteroatoms. The quantitative estimate of drug-likeness (QED) is 0.700. The highest BCUT2D eigenvalue weighted by atomic mass is 16.5. The Labute approximate surface area is 163 Å². The number of fused-ring (bicyclic) bond motifs is 1. The molecule has 0 saturated carbocycles. The molecule has 28 heavy (non-hydrogen) atoms. The standard InChI is InChI=1S/C22H23N3O3/c1-3-28-16-12-10-15(11-13-16)19-9-6-14-25(19)22(27)20-17-7-4-5-8-18(17)21(26)24(2)23-20/h4-5,7-8,10-13,19H,3,6,9,14H2,1-2H3/t19-/m1/s1. The fourth-order valence-corrected chi connectivity index (χ4v) is 3.90. The van der Waals surface area contributed by atoms with Gasteiger partial charge in [-0.1, -0.05) is 30.3 Å². The monoisotopic (exact) mass is 377 g/mol. The number of nitrogens with zero attached hydrogens (tertiary/aromatic N) is 3. The van der Waals surface area contributed by atoms with Crippen LogP contribution in [0.5, 0.6) is 5.75 Å². The van der Waals surface area contributed by atoms with Crippen LogP contribution in [0.4, 0.5) is 0 Å². The predicted octanol–water partition coefficient (Wildman–Crippen LogP) is 3.31. The van der Waals surface area contributed by atoms with Gasteiger partial charge in [0.1, 0.15) is 5.75 Å². The SMILES string of the molecule is CCOc1ccc([C@H]2CCCN2C(=O)c2nn(C)c(=O)c3ccccc23)cc1. The molecular formula is C22H23N3O3. The van der Waals surface area contributed by atoms with Crippen molar-refractivity contribution < 1.29 is 9.53 Å². The summed E-state index contributed by atoms with van der Waals surface area (Å²) < 4.78 is 6.76. The average Bonchev–Trinajstić information content (AvgIpc) is 3.21. The Bertz CT molecular complexity index is 1070. The maximum absolute atomic E-state index is 13.4. The number of ether oxygens (including phenoxy) is 1. The number of likely N-dealkylation sites (tertiary alicyclic amines) is 1. The molecule has 0 N–H and O–H groups in total. The molecule has 1 aliphatic rings. The normalized spacial score (nSPS) is 16.5. The summed E-state index contributed by atoms with van der Waals surface area (Å²) >= 11 is 0. The van der Waals surface area contributed by atoms with Crippen molar-refractivity contribution in [3.8, 4) is 5.75 Å². The first-order chi connectivity index (χ1) is 13.6. The molecule has 1 atom stereocenters. The molecule has 144 valence electrons. The molecular weight excluding hydrogens is 354 g/mol. The van der Waals surface area contributed by atoms with Crippen molar-refractivity contribution >= 4 is 16.7 Å². The third kappa shape index (κ3) is 3.15. The minimum Gasteiger partial charge on any atom is -0.494 e. The lowest BCUT2D eigenvalue weighted by Gasteiger charge is -2.25. The van der Waals surface area contributed by atoms with Crippen molar-refractivity contribution in [3.63, 3.8) is 0 Å². The first kappa shape index (κ1) is 18.2. The van der Waals surface area contributed by atoms with Crippen LogP contribution in [0.15, 0.2) is 53.3 Å². The summed E-state index contributed by atoms with van der Waals surface area (Å²) in [7, 11) is 1.58. The lowest BCUT2D eigenvalue weighted by Crippen LogP contribution is -2.33. The van der Waals surface area contributed by atoms with Crippen molar-refractivity contribution in [1.29, 1.82) is 0 Å². The fourth-order valence-electron chi connectivity index (χ4n) is 3.90. The van der Waals surface area contributed by atoms with E-state index < -0.39 is 0 Å². The van der Waals surface area contributed by atoms with Crippen molar-refractivity contribution in [1.82, 2.24) is 14.7 Å². The summed E-state index contributed by atoms with van der Waals surface area (Å²) in [5, 5.41) is 5.42. The Morgan fingerprint density at radius 2 is 1.86 bits per heavy atom. The van der Waals surface area contributed by atoms with Gasteiger partial charge in [-0.25, -0.2) is 4.68 Å². The van der Waals surface area contributed by atoms with E-state index in [1.54, 1.807) is 25.2 Å². The van der Waals surface area contributed by atoms with Gasteiger partial charge in [0.25, 0.3) is 11.5 Å². The molecule has 2 heterocycles. The molecule has 1 amide bonds. The van der Waals surface area contributed by atoms with Gasteiger partial charge in [-0.05, 0) is 43.5 Å². The zero-order valence-electron chi connectivity index (χ0n) is 16.1. The number of carbonyl (C=O) groups is 1. The van der Waals surface area contributed by atoms with Crippen LogP contribution in [0.2, 0.25) is 0 Å². The highest BCUT2D eigenvalue weighted by molar-refractivity contribution is 6.05. The number of rotatable bonds is 4. The molecule has 0 bridgehead atoms. The number of aryl methyl sites for hydroxylation is 1. The van der Waals surface area contributed by atoms with Crippen LogP contribution in [0.1, 0.15) is 41.9 Å². The van der Waals surface area contributed by atoms with Crippen LogP contribution in [0, 0.1) is 0 Å². The highest BCUT2D eigenvalue weighted by Crippen LogP contribution is 2.34. The Balaban J connectivity index is 1.70. The smallest absolute Gasteiger partial charge is 0.275 e. The van der Waals surface area contributed by atoms with Crippen molar-refractivity contribution in [2.75, 3.05) is 13.2 Å². The molecule has 0 aliphatic carbocycles. The maximum atomic E-state index is 13.4. The molecule has 3 aromatic rings. The predicted molar refractivity (Wildman–Crippen MR) is 108 cm³/mol. The Morgan fingerprint density at radius 1 is 1.14 bits per heavy atom. The van der Waals surface area contributed by atoms with E-state index in [0.717, 1.165) is 24.2 Å². The van der Waals surface area contributed by atoms with Gasteiger partial charge in [-0.3, -0.25) is 9.59 Å². The van der Waals surface area contributed by atoms with E-state index in [0.29, 0.717) is 29.6 Å². The summed E-state index contributed by atoms with van der Waals surface area (Å²) in [5.41, 5.74) is 1.22. The Hall–Kier alpha value is -3.15. The molecule has 1 aromatic heterocycles. The molecule has 1 aliphatic heterocycles. The molecule has 0 spiro atoms. The third-order valence-corrected chi connectivity index (χ3v) is 5.25. The van der Waals surface area contributed by atoms with E-state index in [1.165, 1.54) is 4.68 Å². The molecule has 1 saturated heterocycles. The van der Waals surface area contributed by atoms with Gasteiger partial charge in [0.2, 0.25) is 0 Å². The Kier molecular flexibility index (Phi) is 4.86. The van der Waals surface area contributed by atoms with E-state index in [2.05, 4.69) is 5.10 Å². The maximum Gasteiger partial charge on any atom is 0.275 e. The second kappa shape index (κ2) is 7.46. The second-order valence-corrected chi connectivity index (χ2v) is 6.98. The van der Waals surface area contributed by atoms with Gasteiger partial charge in [0, 0.05) is 19.0 Å². The number of benzene rings is 2. The lowest BCUT2D eigenvalue weighted by atomic mass is 10.0. The van der Waals surface area contributed by atoms with Crippen LogP contribution < -0.4 is 10.3 Å². The largest absolute Gasteiger partial charge is 0.494 e. The first-order valence-electron chi connectivity index (χ1n) is 9.60. The molecule has 0 radical (unpaired) electrons. The third-order valence-electron chi connectivity index (χ3n) is 5.25. The average molecular weight is 377 g/mol. The molecule has 6 nitrogen and oxygen atoms in total. The Morgan fingerprint density at radius 3 is 2.57 bits per heavy atom.